The molecule has 0 radical (unpaired) electrons. The minimum Gasteiger partial charge on any atom is -0.476 e. The molecule has 8 nitrogen and oxygen atoms in total. The molecule has 0 fully saturated rings. The Morgan fingerprint density at radius 2 is 1.75 bits per heavy atom. The molecule has 2 aromatic carbocycles. The number of carboxylic acid groups (broad SMARTS) is 1. The molecular formula is C28H24N4O4. The Labute approximate surface area is 207 Å². The van der Waals surface area contributed by atoms with Gasteiger partial charge in [-0.2, -0.15) is 0 Å². The van der Waals surface area contributed by atoms with Gasteiger partial charge in [0.1, 0.15) is 12.4 Å². The van der Waals surface area contributed by atoms with Crippen LogP contribution in [0.15, 0.2) is 73.1 Å². The number of carbonyl (C=O) groups excluding carboxylic acids is 1. The van der Waals surface area contributed by atoms with Crippen LogP contribution in [0.1, 0.15) is 52.2 Å². The third-order valence-electron chi connectivity index (χ3n) is 6.96. The number of pyridine rings is 1. The van der Waals surface area contributed by atoms with Crippen molar-refractivity contribution in [3.05, 3.63) is 95.7 Å². The second-order valence-electron chi connectivity index (χ2n) is 9.03. The van der Waals surface area contributed by atoms with Crippen molar-refractivity contribution >= 4 is 12.1 Å². The fourth-order valence-electron chi connectivity index (χ4n) is 5.41. The van der Waals surface area contributed by atoms with Gasteiger partial charge in [0, 0.05) is 30.4 Å². The number of benzene rings is 2. The first kappa shape index (κ1) is 22.0. The SMILES string of the molecule is O=C(NC1CCCn2c1nc(C(=O)O)c2-c1cccnc1)OCC1c2ccccc2-c2ccccc21. The molecule has 2 N–H and O–H groups in total. The summed E-state index contributed by atoms with van der Waals surface area (Å²) in [7, 11) is 0. The zero-order valence-electron chi connectivity index (χ0n) is 19.4. The van der Waals surface area contributed by atoms with Crippen molar-refractivity contribution in [2.24, 2.45) is 0 Å². The second-order valence-corrected chi connectivity index (χ2v) is 9.03. The van der Waals surface area contributed by atoms with Crippen molar-refractivity contribution in [3.63, 3.8) is 0 Å². The average molecular weight is 481 g/mol. The monoisotopic (exact) mass is 480 g/mol. The van der Waals surface area contributed by atoms with E-state index in [1.165, 1.54) is 11.1 Å². The highest BCUT2D eigenvalue weighted by atomic mass is 16.5. The number of carboxylic acids is 1. The molecule has 6 rings (SSSR count). The lowest BCUT2D eigenvalue weighted by Crippen LogP contribution is -2.34. The first-order valence-electron chi connectivity index (χ1n) is 12.0. The molecule has 1 aliphatic heterocycles. The normalized spacial score (nSPS) is 16.1. The average Bonchev–Trinajstić information content (AvgIpc) is 3.45. The number of aromatic carboxylic acids is 1. The second kappa shape index (κ2) is 8.96. The van der Waals surface area contributed by atoms with E-state index in [0.29, 0.717) is 30.0 Å². The summed E-state index contributed by atoms with van der Waals surface area (Å²) in [6.45, 7) is 0.824. The summed E-state index contributed by atoms with van der Waals surface area (Å²) < 4.78 is 7.59. The van der Waals surface area contributed by atoms with Gasteiger partial charge in [-0.05, 0) is 47.2 Å². The molecule has 3 heterocycles. The quantitative estimate of drug-likeness (QED) is 0.416. The molecule has 4 aromatic rings. The molecular weight excluding hydrogens is 456 g/mol. The van der Waals surface area contributed by atoms with Gasteiger partial charge in [-0.15, -0.1) is 0 Å². The summed E-state index contributed by atoms with van der Waals surface area (Å²) in [4.78, 5) is 33.4. The fraction of sp³-hybridized carbons (Fsp3) is 0.214. The standard InChI is InChI=1S/C28H24N4O4/c33-27(34)24-25(17-7-5-13-29-15-17)32-14-6-12-23(26(32)31-24)30-28(35)36-16-22-20-10-3-1-8-18(20)19-9-2-4-11-21(19)22/h1-5,7-11,13,15,22-23H,6,12,14,16H2,(H,30,35)(H,33,34). The van der Waals surface area contributed by atoms with Crippen LogP contribution in [0.3, 0.4) is 0 Å². The van der Waals surface area contributed by atoms with Gasteiger partial charge in [-0.1, -0.05) is 48.5 Å². The van der Waals surface area contributed by atoms with E-state index in [9.17, 15) is 14.7 Å². The van der Waals surface area contributed by atoms with E-state index in [4.69, 9.17) is 4.74 Å². The van der Waals surface area contributed by atoms with E-state index in [1.807, 2.05) is 34.9 Å². The zero-order chi connectivity index (χ0) is 24.6. The molecule has 1 aliphatic carbocycles. The number of nitrogens with one attached hydrogen (secondary N) is 1. The Hall–Kier alpha value is -4.46. The van der Waals surface area contributed by atoms with E-state index >= 15 is 0 Å². The van der Waals surface area contributed by atoms with Gasteiger partial charge >= 0.3 is 12.1 Å². The summed E-state index contributed by atoms with van der Waals surface area (Å²) in [5, 5.41) is 12.7. The number of amides is 1. The maximum atomic E-state index is 12.9. The predicted octanol–water partition coefficient (Wildman–Crippen LogP) is 5.02. The van der Waals surface area contributed by atoms with Crippen LogP contribution < -0.4 is 5.32 Å². The van der Waals surface area contributed by atoms with E-state index in [0.717, 1.165) is 17.5 Å². The van der Waals surface area contributed by atoms with E-state index < -0.39 is 18.1 Å². The summed E-state index contributed by atoms with van der Waals surface area (Å²) in [6, 6.07) is 19.5. The number of rotatable bonds is 5. The molecule has 180 valence electrons. The molecule has 1 atom stereocenters. The number of hydrogen-bond acceptors (Lipinski definition) is 5. The smallest absolute Gasteiger partial charge is 0.407 e. The Kier molecular flexibility index (Phi) is 5.48. The number of imidazole rings is 1. The maximum absolute atomic E-state index is 12.9. The lowest BCUT2D eigenvalue weighted by Gasteiger charge is -2.25. The minimum absolute atomic E-state index is 0.0349. The highest BCUT2D eigenvalue weighted by Crippen LogP contribution is 2.44. The van der Waals surface area contributed by atoms with Gasteiger partial charge in [0.25, 0.3) is 0 Å². The van der Waals surface area contributed by atoms with Crippen LogP contribution in [0.4, 0.5) is 4.79 Å². The van der Waals surface area contributed by atoms with Crippen LogP contribution >= 0.6 is 0 Å². The van der Waals surface area contributed by atoms with Crippen molar-refractivity contribution in [2.75, 3.05) is 6.61 Å². The molecule has 8 heteroatoms. The van der Waals surface area contributed by atoms with Crippen LogP contribution in [-0.2, 0) is 11.3 Å². The summed E-state index contributed by atoms with van der Waals surface area (Å²) in [5.74, 6) is -0.631. The lowest BCUT2D eigenvalue weighted by atomic mass is 9.98. The number of carbonyl (C=O) groups is 2. The van der Waals surface area contributed by atoms with Crippen LogP contribution in [0, 0.1) is 0 Å². The van der Waals surface area contributed by atoms with Gasteiger partial charge in [-0.3, -0.25) is 4.98 Å². The summed E-state index contributed by atoms with van der Waals surface area (Å²) in [5.41, 5.74) is 5.76. The number of nitrogens with zero attached hydrogens (tertiary/aromatic N) is 3. The van der Waals surface area contributed by atoms with Gasteiger partial charge < -0.3 is 19.7 Å². The van der Waals surface area contributed by atoms with Crippen LogP contribution in [-0.4, -0.2) is 38.3 Å². The molecule has 0 spiro atoms. The van der Waals surface area contributed by atoms with Gasteiger partial charge in [0.05, 0.1) is 11.7 Å². The van der Waals surface area contributed by atoms with E-state index in [-0.39, 0.29) is 18.2 Å². The Bertz CT molecular complexity index is 1420. The number of aromatic nitrogens is 3. The molecule has 0 saturated carbocycles. The van der Waals surface area contributed by atoms with Crippen molar-refractivity contribution in [1.29, 1.82) is 0 Å². The Morgan fingerprint density at radius 1 is 1.03 bits per heavy atom. The number of ether oxygens (including phenoxy) is 1. The third kappa shape index (κ3) is 3.71. The molecule has 0 saturated heterocycles. The summed E-state index contributed by atoms with van der Waals surface area (Å²) >= 11 is 0. The fourth-order valence-corrected chi connectivity index (χ4v) is 5.41. The highest BCUT2D eigenvalue weighted by Gasteiger charge is 2.33. The topological polar surface area (TPSA) is 106 Å². The molecule has 36 heavy (non-hydrogen) atoms. The number of fused-ring (bicyclic) bond motifs is 4. The highest BCUT2D eigenvalue weighted by molar-refractivity contribution is 5.93. The number of alkyl carbamates (subject to hydrolysis) is 1. The van der Waals surface area contributed by atoms with Crippen molar-refractivity contribution < 1.29 is 19.4 Å². The van der Waals surface area contributed by atoms with Crippen molar-refractivity contribution in [2.45, 2.75) is 31.3 Å². The van der Waals surface area contributed by atoms with E-state index in [2.05, 4.69) is 39.6 Å². The van der Waals surface area contributed by atoms with Crippen molar-refractivity contribution in [1.82, 2.24) is 19.9 Å². The van der Waals surface area contributed by atoms with Gasteiger partial charge in [-0.25, -0.2) is 14.6 Å². The van der Waals surface area contributed by atoms with Crippen LogP contribution in [0.2, 0.25) is 0 Å². The van der Waals surface area contributed by atoms with Crippen molar-refractivity contribution in [3.8, 4) is 22.4 Å². The maximum Gasteiger partial charge on any atom is 0.407 e. The Morgan fingerprint density at radius 3 is 2.42 bits per heavy atom. The van der Waals surface area contributed by atoms with Gasteiger partial charge in [0.15, 0.2) is 5.69 Å². The molecule has 2 aliphatic rings. The first-order valence-corrected chi connectivity index (χ1v) is 12.0. The van der Waals surface area contributed by atoms with Crippen LogP contribution in [0.25, 0.3) is 22.4 Å². The third-order valence-corrected chi connectivity index (χ3v) is 6.96. The largest absolute Gasteiger partial charge is 0.476 e. The molecule has 1 amide bonds. The lowest BCUT2D eigenvalue weighted by molar-refractivity contribution is 0.0691. The first-order chi connectivity index (χ1) is 17.6. The van der Waals surface area contributed by atoms with Gasteiger partial charge in [0.2, 0.25) is 0 Å². The zero-order valence-corrected chi connectivity index (χ0v) is 19.4. The summed E-state index contributed by atoms with van der Waals surface area (Å²) in [6.07, 6.45) is 4.13. The van der Waals surface area contributed by atoms with E-state index in [1.54, 1.807) is 18.5 Å². The molecule has 1 unspecified atom stereocenters. The molecule has 2 aromatic heterocycles. The Balaban J connectivity index is 1.22. The molecule has 0 bridgehead atoms. The number of hydrogen-bond donors (Lipinski definition) is 2. The van der Waals surface area contributed by atoms with Crippen LogP contribution in [0.5, 0.6) is 0 Å². The predicted molar refractivity (Wildman–Crippen MR) is 133 cm³/mol. The minimum atomic E-state index is -1.12.